The Balaban J connectivity index is 0.00000176. The molecule has 1 aromatic rings. The summed E-state index contributed by atoms with van der Waals surface area (Å²) in [4.78, 5) is 12.6. The zero-order valence-corrected chi connectivity index (χ0v) is 14.1. The lowest BCUT2D eigenvalue weighted by Gasteiger charge is -2.24. The van der Waals surface area contributed by atoms with Crippen molar-refractivity contribution >= 4 is 18.3 Å². The molecule has 1 unspecified atom stereocenters. The summed E-state index contributed by atoms with van der Waals surface area (Å²) in [5, 5.41) is 3.33. The van der Waals surface area contributed by atoms with Crippen LogP contribution in [0, 0.1) is 24.7 Å². The van der Waals surface area contributed by atoms with E-state index in [1.165, 1.54) is 24.0 Å². The molecule has 0 aliphatic heterocycles. The van der Waals surface area contributed by atoms with Crippen LogP contribution in [0.5, 0.6) is 0 Å². The minimum Gasteiger partial charge on any atom is -0.349 e. The topological polar surface area (TPSA) is 55.1 Å². The molecule has 4 heteroatoms. The Bertz CT molecular complexity index is 498. The third kappa shape index (κ3) is 3.82. The van der Waals surface area contributed by atoms with Gasteiger partial charge in [0.2, 0.25) is 5.91 Å². The summed E-state index contributed by atoms with van der Waals surface area (Å²) >= 11 is 0. The van der Waals surface area contributed by atoms with Gasteiger partial charge in [-0.05, 0) is 56.6 Å². The van der Waals surface area contributed by atoms with Crippen molar-refractivity contribution in [2.24, 2.45) is 23.5 Å². The van der Waals surface area contributed by atoms with Gasteiger partial charge in [-0.25, -0.2) is 0 Å². The fraction of sp³-hybridized carbons (Fsp3) is 0.611. The number of nitrogens with two attached hydrogens (primary N) is 1. The predicted octanol–water partition coefficient (Wildman–Crippen LogP) is 3.36. The molecule has 3 N–H and O–H groups in total. The first kappa shape index (κ1) is 17.3. The average molecular weight is 323 g/mol. The Morgan fingerprint density at radius 2 is 1.91 bits per heavy atom. The lowest BCUT2D eigenvalue weighted by molar-refractivity contribution is -0.126. The van der Waals surface area contributed by atoms with Crippen molar-refractivity contribution in [2.45, 2.75) is 45.1 Å². The first-order chi connectivity index (χ1) is 10.2. The van der Waals surface area contributed by atoms with Gasteiger partial charge in [-0.15, -0.1) is 12.4 Å². The molecule has 122 valence electrons. The number of carbonyl (C=O) groups is 1. The van der Waals surface area contributed by atoms with Crippen molar-refractivity contribution in [3.8, 4) is 0 Å². The van der Waals surface area contributed by atoms with Crippen LogP contribution in [0.2, 0.25) is 0 Å². The second-order valence-corrected chi connectivity index (χ2v) is 6.77. The van der Waals surface area contributed by atoms with E-state index in [0.717, 1.165) is 19.3 Å². The number of carbonyl (C=O) groups excluding carboxylic acids is 1. The Morgan fingerprint density at radius 1 is 1.23 bits per heavy atom. The van der Waals surface area contributed by atoms with Crippen LogP contribution < -0.4 is 11.1 Å². The van der Waals surface area contributed by atoms with E-state index in [9.17, 15) is 4.79 Å². The smallest absolute Gasteiger partial charge is 0.223 e. The highest BCUT2D eigenvalue weighted by Gasteiger charge is 2.37. The summed E-state index contributed by atoms with van der Waals surface area (Å²) in [6, 6.07) is 8.78. The summed E-state index contributed by atoms with van der Waals surface area (Å²) in [7, 11) is 0. The summed E-state index contributed by atoms with van der Waals surface area (Å²) in [5.74, 6) is 1.35. The monoisotopic (exact) mass is 322 g/mol. The summed E-state index contributed by atoms with van der Waals surface area (Å²) in [6.45, 7) is 2.73. The van der Waals surface area contributed by atoms with Crippen LogP contribution in [0.1, 0.15) is 49.3 Å². The molecule has 2 saturated carbocycles. The Hall–Kier alpha value is -1.06. The number of nitrogens with one attached hydrogen (secondary N) is 1. The van der Waals surface area contributed by atoms with E-state index in [0.29, 0.717) is 18.4 Å². The fourth-order valence-corrected chi connectivity index (χ4v) is 3.60. The maximum atomic E-state index is 12.6. The molecular weight excluding hydrogens is 296 g/mol. The van der Waals surface area contributed by atoms with Gasteiger partial charge in [0.15, 0.2) is 0 Å². The molecule has 0 radical (unpaired) electrons. The number of hydrogen-bond donors (Lipinski definition) is 2. The minimum atomic E-state index is 0. The molecule has 3 nitrogen and oxygen atoms in total. The molecule has 2 aliphatic rings. The standard InChI is InChI=1S/C18H26N2O.ClH/c1-12-5-7-13(8-6-12)17(14-9-10-14)20-18(21)16-4-2-3-15(16)11-19;/h5-8,14-17H,2-4,9-11,19H2,1H3,(H,20,21);1H/t15-,16-,17?;/m1./s1. The van der Waals surface area contributed by atoms with Crippen LogP contribution in [0.15, 0.2) is 24.3 Å². The molecule has 1 aromatic carbocycles. The third-order valence-electron chi connectivity index (χ3n) is 5.13. The van der Waals surface area contributed by atoms with E-state index in [4.69, 9.17) is 5.73 Å². The van der Waals surface area contributed by atoms with Crippen LogP contribution >= 0.6 is 12.4 Å². The molecule has 0 saturated heterocycles. The number of aryl methyl sites for hydroxylation is 1. The highest BCUT2D eigenvalue weighted by molar-refractivity contribution is 5.85. The lowest BCUT2D eigenvalue weighted by Crippen LogP contribution is -2.38. The van der Waals surface area contributed by atoms with E-state index in [-0.39, 0.29) is 30.3 Å². The molecule has 0 aromatic heterocycles. The quantitative estimate of drug-likeness (QED) is 0.873. The van der Waals surface area contributed by atoms with E-state index in [1.807, 2.05) is 0 Å². The summed E-state index contributed by atoms with van der Waals surface area (Å²) in [6.07, 6.45) is 5.69. The van der Waals surface area contributed by atoms with Gasteiger partial charge in [-0.1, -0.05) is 36.2 Å². The molecule has 2 fully saturated rings. The van der Waals surface area contributed by atoms with E-state index < -0.39 is 0 Å². The largest absolute Gasteiger partial charge is 0.349 e. The second kappa shape index (κ2) is 7.47. The fourth-order valence-electron chi connectivity index (χ4n) is 3.60. The van der Waals surface area contributed by atoms with Crippen LogP contribution in [0.4, 0.5) is 0 Å². The van der Waals surface area contributed by atoms with Crippen molar-refractivity contribution in [2.75, 3.05) is 6.54 Å². The van der Waals surface area contributed by atoms with Crippen molar-refractivity contribution in [1.82, 2.24) is 5.32 Å². The maximum Gasteiger partial charge on any atom is 0.223 e. The minimum absolute atomic E-state index is 0. The van der Waals surface area contributed by atoms with Crippen molar-refractivity contribution < 1.29 is 4.79 Å². The molecule has 0 bridgehead atoms. The number of halogens is 1. The molecule has 1 amide bonds. The molecule has 0 spiro atoms. The van der Waals surface area contributed by atoms with Gasteiger partial charge in [0.1, 0.15) is 0 Å². The van der Waals surface area contributed by atoms with E-state index in [2.05, 4.69) is 36.5 Å². The third-order valence-corrected chi connectivity index (χ3v) is 5.13. The van der Waals surface area contributed by atoms with Crippen molar-refractivity contribution in [3.63, 3.8) is 0 Å². The Labute approximate surface area is 139 Å². The van der Waals surface area contributed by atoms with Gasteiger partial charge >= 0.3 is 0 Å². The highest BCUT2D eigenvalue weighted by atomic mass is 35.5. The first-order valence-corrected chi connectivity index (χ1v) is 8.26. The van der Waals surface area contributed by atoms with Gasteiger partial charge in [0.25, 0.3) is 0 Å². The number of hydrogen-bond acceptors (Lipinski definition) is 2. The zero-order valence-electron chi connectivity index (χ0n) is 13.3. The van der Waals surface area contributed by atoms with Gasteiger partial charge in [-0.2, -0.15) is 0 Å². The van der Waals surface area contributed by atoms with Gasteiger partial charge in [0, 0.05) is 5.92 Å². The SMILES string of the molecule is Cc1ccc(C(NC(=O)[C@@H]2CCC[C@@H]2CN)C2CC2)cc1.Cl. The molecular formula is C18H27ClN2O. The number of amides is 1. The lowest BCUT2D eigenvalue weighted by atomic mass is 9.93. The van der Waals surface area contributed by atoms with E-state index in [1.54, 1.807) is 0 Å². The van der Waals surface area contributed by atoms with Crippen LogP contribution in [0.3, 0.4) is 0 Å². The van der Waals surface area contributed by atoms with Crippen LogP contribution in [-0.4, -0.2) is 12.5 Å². The average Bonchev–Trinajstić information content (AvgIpc) is 3.22. The van der Waals surface area contributed by atoms with Crippen LogP contribution in [0.25, 0.3) is 0 Å². The Morgan fingerprint density at radius 3 is 2.50 bits per heavy atom. The zero-order chi connectivity index (χ0) is 14.8. The molecule has 2 aliphatic carbocycles. The summed E-state index contributed by atoms with van der Waals surface area (Å²) < 4.78 is 0. The number of rotatable bonds is 5. The van der Waals surface area contributed by atoms with Crippen molar-refractivity contribution in [3.05, 3.63) is 35.4 Å². The number of benzene rings is 1. The van der Waals surface area contributed by atoms with Crippen LogP contribution in [-0.2, 0) is 4.79 Å². The van der Waals surface area contributed by atoms with Gasteiger partial charge in [0.05, 0.1) is 6.04 Å². The van der Waals surface area contributed by atoms with E-state index >= 15 is 0 Å². The highest BCUT2D eigenvalue weighted by Crippen LogP contribution is 2.42. The molecule has 3 atom stereocenters. The predicted molar refractivity (Wildman–Crippen MR) is 91.9 cm³/mol. The van der Waals surface area contributed by atoms with Gasteiger partial charge < -0.3 is 11.1 Å². The summed E-state index contributed by atoms with van der Waals surface area (Å²) in [5.41, 5.74) is 8.32. The normalized spacial score (nSPS) is 25.4. The molecule has 22 heavy (non-hydrogen) atoms. The first-order valence-electron chi connectivity index (χ1n) is 8.26. The molecule has 3 rings (SSSR count). The van der Waals surface area contributed by atoms with Gasteiger partial charge in [-0.3, -0.25) is 4.79 Å². The maximum absolute atomic E-state index is 12.6. The van der Waals surface area contributed by atoms with Crippen molar-refractivity contribution in [1.29, 1.82) is 0 Å². The Kier molecular flexibility index (Phi) is 5.87. The second-order valence-electron chi connectivity index (χ2n) is 6.77. The molecule has 0 heterocycles.